The summed E-state index contributed by atoms with van der Waals surface area (Å²) < 4.78 is 0.667. The van der Waals surface area contributed by atoms with E-state index in [1.54, 1.807) is 0 Å². The topological polar surface area (TPSA) is 25.8 Å². The highest BCUT2D eigenvalue weighted by atomic mass is 32.2. The summed E-state index contributed by atoms with van der Waals surface area (Å²) >= 11 is 10.7. The maximum atomic E-state index is 5.14. The van der Waals surface area contributed by atoms with Crippen molar-refractivity contribution < 1.29 is 0 Å². The molecule has 0 aliphatic heterocycles. The molecule has 0 saturated carbocycles. The summed E-state index contributed by atoms with van der Waals surface area (Å²) in [6, 6.07) is 0. The van der Waals surface area contributed by atoms with Crippen LogP contribution >= 0.6 is 36.2 Å². The van der Waals surface area contributed by atoms with Crippen LogP contribution in [0.15, 0.2) is 22.6 Å². The minimum Gasteiger partial charge on any atom is -0.142 e. The van der Waals surface area contributed by atoms with Crippen molar-refractivity contribution in [2.45, 2.75) is 10.3 Å². The van der Waals surface area contributed by atoms with Crippen molar-refractivity contribution in [2.24, 2.45) is 0 Å². The standard InChI is InChI=1S/C8H5N2S3/c11-6-4-2-1-3-5(6)7-9-10-8(12)13-7/h1-3,5H,(H,10,12). The van der Waals surface area contributed by atoms with Crippen molar-refractivity contribution >= 4 is 41.0 Å². The van der Waals surface area contributed by atoms with Gasteiger partial charge in [-0.25, -0.2) is 0 Å². The molecule has 65 valence electrons. The lowest BCUT2D eigenvalue weighted by Gasteiger charge is -2.08. The average Bonchev–Trinajstić information content (AvgIpc) is 2.53. The van der Waals surface area contributed by atoms with Gasteiger partial charge in [0.1, 0.15) is 5.01 Å². The van der Waals surface area contributed by atoms with Crippen LogP contribution < -0.4 is 0 Å². The van der Waals surface area contributed by atoms with E-state index >= 15 is 0 Å². The Balaban J connectivity index is 2.31. The van der Waals surface area contributed by atoms with Crippen LogP contribution in [0.2, 0.25) is 0 Å². The summed E-state index contributed by atoms with van der Waals surface area (Å²) in [5, 5.41) is 8.70. The molecule has 1 aliphatic rings. The number of aromatic nitrogens is 2. The average molecular weight is 225 g/mol. The summed E-state index contributed by atoms with van der Waals surface area (Å²) in [6.07, 6.45) is 8.69. The molecule has 5 heteroatoms. The van der Waals surface area contributed by atoms with Gasteiger partial charge in [-0.15, -0.1) is 22.8 Å². The third kappa shape index (κ3) is 1.87. The normalized spacial score (nSPS) is 21.0. The van der Waals surface area contributed by atoms with Crippen LogP contribution in [0.4, 0.5) is 0 Å². The molecule has 1 atom stereocenters. The van der Waals surface area contributed by atoms with Gasteiger partial charge >= 0.3 is 0 Å². The van der Waals surface area contributed by atoms with Gasteiger partial charge in [-0.3, -0.25) is 0 Å². The van der Waals surface area contributed by atoms with E-state index in [4.69, 9.17) is 12.2 Å². The fourth-order valence-electron chi connectivity index (χ4n) is 1.02. The quantitative estimate of drug-likeness (QED) is 0.586. The molecule has 1 aliphatic carbocycles. The number of hydrogen-bond acceptors (Lipinski definition) is 5. The Hall–Kier alpha value is -0.520. The maximum absolute atomic E-state index is 5.14. The second-order valence-corrected chi connectivity index (χ2v) is 4.64. The molecule has 0 N–H and O–H groups in total. The van der Waals surface area contributed by atoms with Crippen molar-refractivity contribution in [3.05, 3.63) is 29.3 Å². The number of allylic oxidation sites excluding steroid dienone is 4. The Morgan fingerprint density at radius 3 is 3.00 bits per heavy atom. The summed E-state index contributed by atoms with van der Waals surface area (Å²) in [5.41, 5.74) is 0. The van der Waals surface area contributed by atoms with Crippen molar-refractivity contribution in [3.8, 4) is 0 Å². The van der Waals surface area contributed by atoms with Crippen LogP contribution in [-0.2, 0) is 0 Å². The monoisotopic (exact) mass is 225 g/mol. The first-order valence-electron chi connectivity index (χ1n) is 3.60. The van der Waals surface area contributed by atoms with E-state index in [0.29, 0.717) is 4.34 Å². The van der Waals surface area contributed by atoms with Crippen LogP contribution in [0, 0.1) is 6.08 Å². The molecule has 1 aromatic rings. The fraction of sp³-hybridized carbons (Fsp3) is 0.125. The van der Waals surface area contributed by atoms with Crippen molar-refractivity contribution in [1.82, 2.24) is 10.2 Å². The molecule has 0 amide bonds. The van der Waals surface area contributed by atoms with Crippen LogP contribution in [0.3, 0.4) is 0 Å². The largest absolute Gasteiger partial charge is 0.171 e. The third-order valence-electron chi connectivity index (χ3n) is 1.60. The summed E-state index contributed by atoms with van der Waals surface area (Å²) in [5.74, 6) is 0.0541. The summed E-state index contributed by atoms with van der Waals surface area (Å²) in [7, 11) is 0. The maximum Gasteiger partial charge on any atom is 0.171 e. The number of thiocarbonyl (C=S) groups is 1. The Labute approximate surface area is 90.8 Å². The first-order valence-corrected chi connectivity index (χ1v) is 5.27. The predicted molar refractivity (Wildman–Crippen MR) is 59.5 cm³/mol. The zero-order chi connectivity index (χ0) is 9.26. The summed E-state index contributed by atoms with van der Waals surface area (Å²) in [6.45, 7) is 0. The summed E-state index contributed by atoms with van der Waals surface area (Å²) in [4.78, 5) is 0.756. The van der Waals surface area contributed by atoms with E-state index in [-0.39, 0.29) is 5.92 Å². The van der Waals surface area contributed by atoms with Crippen molar-refractivity contribution in [3.63, 3.8) is 0 Å². The lowest BCUT2D eigenvalue weighted by Crippen LogP contribution is -2.07. The van der Waals surface area contributed by atoms with Gasteiger partial charge in [-0.1, -0.05) is 41.8 Å². The number of hydrogen-bond donors (Lipinski definition) is 1. The molecular weight excluding hydrogens is 220 g/mol. The third-order valence-corrected chi connectivity index (χ3v) is 3.15. The van der Waals surface area contributed by atoms with Gasteiger partial charge in [0.2, 0.25) is 0 Å². The van der Waals surface area contributed by atoms with E-state index in [1.165, 1.54) is 11.3 Å². The Morgan fingerprint density at radius 1 is 1.54 bits per heavy atom. The van der Waals surface area contributed by atoms with Crippen LogP contribution in [0.1, 0.15) is 10.9 Å². The highest BCUT2D eigenvalue weighted by Gasteiger charge is 2.18. The van der Waals surface area contributed by atoms with Crippen LogP contribution in [0.25, 0.3) is 0 Å². The number of rotatable bonds is 1. The smallest absolute Gasteiger partial charge is 0.142 e. The molecule has 2 rings (SSSR count). The van der Waals surface area contributed by atoms with Gasteiger partial charge in [0, 0.05) is 4.86 Å². The molecule has 0 spiro atoms. The molecule has 0 saturated heterocycles. The highest BCUT2D eigenvalue weighted by molar-refractivity contribution is 7.82. The SMILES string of the molecule is S=C1[C]=CC=CC1c1nnc(S)s1. The second kappa shape index (κ2) is 3.69. The van der Waals surface area contributed by atoms with E-state index in [0.717, 1.165) is 9.87 Å². The molecule has 13 heavy (non-hydrogen) atoms. The molecule has 1 heterocycles. The molecule has 2 nitrogen and oxygen atoms in total. The van der Waals surface area contributed by atoms with Crippen LogP contribution in [0.5, 0.6) is 0 Å². The van der Waals surface area contributed by atoms with Gasteiger partial charge in [0.25, 0.3) is 0 Å². The predicted octanol–water partition coefficient (Wildman–Crippen LogP) is 2.21. The Morgan fingerprint density at radius 2 is 2.38 bits per heavy atom. The molecule has 1 radical (unpaired) electrons. The van der Waals surface area contributed by atoms with E-state index in [2.05, 4.69) is 28.9 Å². The first-order chi connectivity index (χ1) is 6.27. The first kappa shape index (κ1) is 9.05. The van der Waals surface area contributed by atoms with E-state index in [9.17, 15) is 0 Å². The lowest BCUT2D eigenvalue weighted by atomic mass is 10.0. The van der Waals surface area contributed by atoms with Gasteiger partial charge in [-0.2, -0.15) is 0 Å². The molecule has 0 fully saturated rings. The molecule has 1 unspecified atom stereocenters. The van der Waals surface area contributed by atoms with Gasteiger partial charge in [-0.05, 0) is 6.08 Å². The lowest BCUT2D eigenvalue weighted by molar-refractivity contribution is 0.947. The number of nitrogens with zero attached hydrogens (tertiary/aromatic N) is 2. The van der Waals surface area contributed by atoms with Gasteiger partial charge < -0.3 is 0 Å². The zero-order valence-corrected chi connectivity index (χ0v) is 8.99. The minimum absolute atomic E-state index is 0.0541. The molecular formula is C8H5N2S3. The highest BCUT2D eigenvalue weighted by Crippen LogP contribution is 2.26. The zero-order valence-electron chi connectivity index (χ0n) is 6.47. The Kier molecular flexibility index (Phi) is 2.57. The Bertz CT molecular complexity index is 392. The molecule has 0 aromatic carbocycles. The molecule has 1 aromatic heterocycles. The fourth-order valence-corrected chi connectivity index (χ4v) is 2.35. The van der Waals surface area contributed by atoms with Gasteiger partial charge in [0.05, 0.1) is 5.92 Å². The minimum atomic E-state index is 0.0541. The van der Waals surface area contributed by atoms with Crippen LogP contribution in [-0.4, -0.2) is 15.1 Å². The van der Waals surface area contributed by atoms with Crippen molar-refractivity contribution in [2.75, 3.05) is 0 Å². The molecule has 0 bridgehead atoms. The van der Waals surface area contributed by atoms with Gasteiger partial charge in [0.15, 0.2) is 4.34 Å². The number of thiol groups is 1. The van der Waals surface area contributed by atoms with E-state index in [1.807, 2.05) is 18.2 Å². The van der Waals surface area contributed by atoms with Crippen molar-refractivity contribution in [1.29, 1.82) is 0 Å². The second-order valence-electron chi connectivity index (χ2n) is 2.46. The van der Waals surface area contributed by atoms with E-state index < -0.39 is 0 Å².